The van der Waals surface area contributed by atoms with Gasteiger partial charge in [0.1, 0.15) is 0 Å². The molecule has 0 aliphatic heterocycles. The largest absolute Gasteiger partial charge is 0.366 e. The van der Waals surface area contributed by atoms with Crippen LogP contribution in [-0.2, 0) is 7.05 Å². The summed E-state index contributed by atoms with van der Waals surface area (Å²) in [5.74, 6) is -0.416. The third-order valence-electron chi connectivity index (χ3n) is 3.64. The molecule has 3 rings (SSSR count). The highest BCUT2D eigenvalue weighted by molar-refractivity contribution is 5.93. The van der Waals surface area contributed by atoms with E-state index in [1.807, 2.05) is 23.9 Å². The monoisotopic (exact) mass is 279 g/mol. The van der Waals surface area contributed by atoms with E-state index in [-0.39, 0.29) is 0 Å². The van der Waals surface area contributed by atoms with Gasteiger partial charge in [-0.2, -0.15) is 5.10 Å². The topological polar surface area (TPSA) is 60.9 Å². The van der Waals surface area contributed by atoms with E-state index in [9.17, 15) is 4.79 Å². The second kappa shape index (κ2) is 5.40. The van der Waals surface area contributed by atoms with Crippen molar-refractivity contribution in [3.63, 3.8) is 0 Å². The molecule has 0 fully saturated rings. The number of primary amides is 1. The number of carbonyl (C=O) groups excluding carboxylic acids is 1. The molecule has 4 nitrogen and oxygen atoms in total. The molecular formula is C17H17N3O. The van der Waals surface area contributed by atoms with E-state index in [2.05, 4.69) is 29.4 Å². The van der Waals surface area contributed by atoms with Gasteiger partial charge in [-0.25, -0.2) is 0 Å². The summed E-state index contributed by atoms with van der Waals surface area (Å²) < 4.78 is 1.89. The van der Waals surface area contributed by atoms with Gasteiger partial charge in [-0.1, -0.05) is 30.4 Å². The Hall–Kier alpha value is -2.62. The third kappa shape index (κ3) is 2.65. The molecule has 4 heteroatoms. The number of hydrogen-bond donors (Lipinski definition) is 1. The highest BCUT2D eigenvalue weighted by Crippen LogP contribution is 2.26. The van der Waals surface area contributed by atoms with Crippen molar-refractivity contribution in [1.82, 2.24) is 9.78 Å². The van der Waals surface area contributed by atoms with Crippen molar-refractivity contribution >= 4 is 11.5 Å². The van der Waals surface area contributed by atoms with Crippen LogP contribution < -0.4 is 5.73 Å². The lowest BCUT2D eigenvalue weighted by atomic mass is 10.0. The summed E-state index contributed by atoms with van der Waals surface area (Å²) in [5, 5.41) is 4.56. The molecule has 21 heavy (non-hydrogen) atoms. The molecule has 0 saturated carbocycles. The van der Waals surface area contributed by atoms with Crippen molar-refractivity contribution in [2.24, 2.45) is 12.8 Å². The zero-order chi connectivity index (χ0) is 14.8. The van der Waals surface area contributed by atoms with Gasteiger partial charge in [-0.15, -0.1) is 0 Å². The molecule has 1 aliphatic carbocycles. The zero-order valence-electron chi connectivity index (χ0n) is 11.9. The minimum absolute atomic E-state index is 0.416. The third-order valence-corrected chi connectivity index (χ3v) is 3.64. The van der Waals surface area contributed by atoms with Crippen LogP contribution in [0.5, 0.6) is 0 Å². The van der Waals surface area contributed by atoms with Crippen LogP contribution in [0.4, 0.5) is 0 Å². The number of carbonyl (C=O) groups is 1. The highest BCUT2D eigenvalue weighted by Gasteiger charge is 2.11. The van der Waals surface area contributed by atoms with Crippen molar-refractivity contribution in [2.75, 3.05) is 0 Å². The summed E-state index contributed by atoms with van der Waals surface area (Å²) in [6.07, 6.45) is 8.73. The first-order valence-electron chi connectivity index (χ1n) is 6.96. The van der Waals surface area contributed by atoms with E-state index in [1.165, 1.54) is 5.57 Å². The van der Waals surface area contributed by atoms with Crippen molar-refractivity contribution in [3.8, 4) is 11.3 Å². The number of nitrogens with two attached hydrogens (primary N) is 1. The molecule has 2 aromatic rings. The van der Waals surface area contributed by atoms with E-state index in [4.69, 9.17) is 5.73 Å². The van der Waals surface area contributed by atoms with Crippen molar-refractivity contribution in [1.29, 1.82) is 0 Å². The van der Waals surface area contributed by atoms with E-state index in [0.717, 1.165) is 29.8 Å². The van der Waals surface area contributed by atoms with Crippen LogP contribution in [0.15, 0.2) is 48.6 Å². The number of hydrogen-bond acceptors (Lipinski definition) is 2. The Morgan fingerprint density at radius 3 is 2.62 bits per heavy atom. The van der Waals surface area contributed by atoms with Crippen LogP contribution >= 0.6 is 0 Å². The summed E-state index contributed by atoms with van der Waals surface area (Å²) in [5.41, 5.74) is 9.93. The number of nitrogens with zero attached hydrogens (tertiary/aromatic N) is 2. The molecule has 1 aromatic carbocycles. The van der Waals surface area contributed by atoms with Crippen molar-refractivity contribution in [3.05, 3.63) is 59.8 Å². The van der Waals surface area contributed by atoms with E-state index in [1.54, 1.807) is 12.1 Å². The Labute approximate surface area is 123 Å². The maximum atomic E-state index is 11.1. The number of amides is 1. The molecule has 1 aromatic heterocycles. The fourth-order valence-corrected chi connectivity index (χ4v) is 2.49. The van der Waals surface area contributed by atoms with Gasteiger partial charge in [0, 0.05) is 18.2 Å². The SMILES string of the molecule is Cn1nc(-c2ccc(C(N)=O)cc2)cc1C1=CCCC=C1. The van der Waals surface area contributed by atoms with E-state index >= 15 is 0 Å². The van der Waals surface area contributed by atoms with Gasteiger partial charge in [0.2, 0.25) is 5.91 Å². The standard InChI is InChI=1S/C17H17N3O/c1-20-16(13-5-3-2-4-6-13)11-15(19-20)12-7-9-14(10-8-12)17(18)21/h3,5-11H,2,4H2,1H3,(H2,18,21). The van der Waals surface area contributed by atoms with E-state index < -0.39 is 5.91 Å². The van der Waals surface area contributed by atoms with Crippen LogP contribution in [0.25, 0.3) is 16.8 Å². The van der Waals surface area contributed by atoms with Crippen LogP contribution in [0.3, 0.4) is 0 Å². The second-order valence-electron chi connectivity index (χ2n) is 5.12. The summed E-state index contributed by atoms with van der Waals surface area (Å²) in [6, 6.07) is 9.27. The molecule has 0 unspecified atom stereocenters. The molecular weight excluding hydrogens is 262 g/mol. The first-order chi connectivity index (χ1) is 10.1. The van der Waals surface area contributed by atoms with Crippen LogP contribution in [0, 0.1) is 0 Å². The lowest BCUT2D eigenvalue weighted by Gasteiger charge is -2.06. The lowest BCUT2D eigenvalue weighted by Crippen LogP contribution is -2.10. The minimum atomic E-state index is -0.416. The Balaban J connectivity index is 1.95. The maximum absolute atomic E-state index is 11.1. The number of benzene rings is 1. The Morgan fingerprint density at radius 1 is 1.24 bits per heavy atom. The number of rotatable bonds is 3. The molecule has 1 heterocycles. The summed E-state index contributed by atoms with van der Waals surface area (Å²) >= 11 is 0. The molecule has 0 spiro atoms. The number of aromatic nitrogens is 2. The predicted molar refractivity (Wildman–Crippen MR) is 83.5 cm³/mol. The number of allylic oxidation sites excluding steroid dienone is 4. The van der Waals surface area contributed by atoms with Gasteiger partial charge in [0.15, 0.2) is 0 Å². The van der Waals surface area contributed by atoms with Crippen LogP contribution in [0.1, 0.15) is 28.9 Å². The molecule has 1 aliphatic rings. The molecule has 106 valence electrons. The van der Waals surface area contributed by atoms with Crippen molar-refractivity contribution < 1.29 is 4.79 Å². The molecule has 0 bridgehead atoms. The predicted octanol–water partition coefficient (Wildman–Crippen LogP) is 2.92. The molecule has 0 saturated heterocycles. The van der Waals surface area contributed by atoms with E-state index in [0.29, 0.717) is 5.56 Å². The smallest absolute Gasteiger partial charge is 0.248 e. The summed E-state index contributed by atoms with van der Waals surface area (Å²) in [4.78, 5) is 11.1. The fourth-order valence-electron chi connectivity index (χ4n) is 2.49. The molecule has 0 radical (unpaired) electrons. The zero-order valence-corrected chi connectivity index (χ0v) is 11.9. The summed E-state index contributed by atoms with van der Waals surface area (Å²) in [7, 11) is 1.94. The van der Waals surface area contributed by atoms with Gasteiger partial charge in [-0.05, 0) is 36.6 Å². The highest BCUT2D eigenvalue weighted by atomic mass is 16.1. The summed E-state index contributed by atoms with van der Waals surface area (Å²) in [6.45, 7) is 0. The average molecular weight is 279 g/mol. The van der Waals surface area contributed by atoms with Crippen molar-refractivity contribution in [2.45, 2.75) is 12.8 Å². The molecule has 1 amide bonds. The van der Waals surface area contributed by atoms with Gasteiger partial charge in [0.25, 0.3) is 0 Å². The lowest BCUT2D eigenvalue weighted by molar-refractivity contribution is 0.100. The van der Waals surface area contributed by atoms with Gasteiger partial charge in [0.05, 0.1) is 11.4 Å². The van der Waals surface area contributed by atoms with Gasteiger partial charge >= 0.3 is 0 Å². The fraction of sp³-hybridized carbons (Fsp3) is 0.176. The Morgan fingerprint density at radius 2 is 2.00 bits per heavy atom. The van der Waals surface area contributed by atoms with Gasteiger partial charge in [-0.3, -0.25) is 9.48 Å². The van der Waals surface area contributed by atoms with Crippen LogP contribution in [-0.4, -0.2) is 15.7 Å². The quantitative estimate of drug-likeness (QED) is 0.939. The second-order valence-corrected chi connectivity index (χ2v) is 5.12. The maximum Gasteiger partial charge on any atom is 0.248 e. The normalized spacial score (nSPS) is 14.0. The minimum Gasteiger partial charge on any atom is -0.366 e. The first kappa shape index (κ1) is 13.4. The number of aryl methyl sites for hydroxylation is 1. The Bertz CT molecular complexity index is 736. The van der Waals surface area contributed by atoms with Gasteiger partial charge < -0.3 is 5.73 Å². The average Bonchev–Trinajstić information content (AvgIpc) is 2.90. The van der Waals surface area contributed by atoms with Crippen LogP contribution in [0.2, 0.25) is 0 Å². The Kier molecular flexibility index (Phi) is 3.44. The first-order valence-corrected chi connectivity index (χ1v) is 6.96. The molecule has 0 atom stereocenters. The molecule has 2 N–H and O–H groups in total.